The number of rotatable bonds is 25. The van der Waals surface area contributed by atoms with E-state index < -0.39 is 0 Å². The molecule has 34 heavy (non-hydrogen) atoms. The number of carbonyl (C=O) groups excluding carboxylic acids is 2. The smallest absolute Gasteiger partial charge is 0.309 e. The van der Waals surface area contributed by atoms with Crippen LogP contribution in [-0.4, -0.2) is 25.2 Å². The lowest BCUT2D eigenvalue weighted by atomic mass is 9.84. The highest BCUT2D eigenvalue weighted by molar-refractivity contribution is 5.72. The van der Waals surface area contributed by atoms with E-state index in [9.17, 15) is 9.59 Å². The zero-order valence-electron chi connectivity index (χ0n) is 23.3. The van der Waals surface area contributed by atoms with Crippen LogP contribution >= 0.6 is 0 Å². The zero-order valence-corrected chi connectivity index (χ0v) is 23.3. The second kappa shape index (κ2) is 25.0. The van der Waals surface area contributed by atoms with E-state index in [1.54, 1.807) is 0 Å². The van der Waals surface area contributed by atoms with Crippen molar-refractivity contribution in [2.75, 3.05) is 13.2 Å². The van der Waals surface area contributed by atoms with Crippen molar-refractivity contribution in [2.24, 2.45) is 11.8 Å². The number of ether oxygens (including phenoxy) is 2. The standard InChI is InChI=1S/C30H58O4/c1-5-25-33-29(31)24-22-20-18-16-14-12-10-9-11-13-15-17-19-21-23-27(7-3)28(8-4)30(32)34-26-6-2/h27-28H,5-26H2,1-4H3. The minimum absolute atomic E-state index is 0.0264. The Hall–Kier alpha value is -1.06. The molecular formula is C30H58O4. The summed E-state index contributed by atoms with van der Waals surface area (Å²) >= 11 is 0. The van der Waals surface area contributed by atoms with Crippen molar-refractivity contribution in [1.82, 2.24) is 0 Å². The summed E-state index contributed by atoms with van der Waals surface area (Å²) in [5.74, 6) is 0.574. The Bertz CT molecular complexity index is 463. The fourth-order valence-electron chi connectivity index (χ4n) is 4.78. The second-order valence-corrected chi connectivity index (χ2v) is 10.1. The molecule has 0 aromatic carbocycles. The molecule has 2 atom stereocenters. The van der Waals surface area contributed by atoms with E-state index >= 15 is 0 Å². The Morgan fingerprint density at radius 1 is 0.559 bits per heavy atom. The molecule has 0 aliphatic rings. The van der Waals surface area contributed by atoms with Gasteiger partial charge in [0.1, 0.15) is 0 Å². The van der Waals surface area contributed by atoms with Gasteiger partial charge in [0, 0.05) is 6.42 Å². The first-order chi connectivity index (χ1) is 16.6. The molecule has 0 saturated carbocycles. The first kappa shape index (κ1) is 32.9. The molecule has 0 bridgehead atoms. The molecule has 0 aliphatic heterocycles. The summed E-state index contributed by atoms with van der Waals surface area (Å²) in [4.78, 5) is 23.7. The highest BCUT2D eigenvalue weighted by Crippen LogP contribution is 2.27. The average Bonchev–Trinajstić information content (AvgIpc) is 2.84. The van der Waals surface area contributed by atoms with Crippen molar-refractivity contribution in [1.29, 1.82) is 0 Å². The van der Waals surface area contributed by atoms with Crippen LogP contribution in [0.2, 0.25) is 0 Å². The summed E-state index contributed by atoms with van der Waals surface area (Å²) in [7, 11) is 0. The molecule has 0 fully saturated rings. The third-order valence-corrected chi connectivity index (χ3v) is 6.96. The van der Waals surface area contributed by atoms with Gasteiger partial charge in [-0.05, 0) is 38.0 Å². The molecule has 0 N–H and O–H groups in total. The topological polar surface area (TPSA) is 52.6 Å². The summed E-state index contributed by atoms with van der Waals surface area (Å²) in [5, 5.41) is 0. The number of carbonyl (C=O) groups is 2. The van der Waals surface area contributed by atoms with Gasteiger partial charge in [-0.1, -0.05) is 118 Å². The van der Waals surface area contributed by atoms with Crippen molar-refractivity contribution < 1.29 is 19.1 Å². The molecule has 4 heteroatoms. The van der Waals surface area contributed by atoms with E-state index in [1.807, 2.05) is 13.8 Å². The van der Waals surface area contributed by atoms with Crippen molar-refractivity contribution in [2.45, 2.75) is 156 Å². The second-order valence-electron chi connectivity index (χ2n) is 10.1. The Morgan fingerprint density at radius 2 is 1.00 bits per heavy atom. The maximum Gasteiger partial charge on any atom is 0.309 e. The van der Waals surface area contributed by atoms with E-state index in [1.165, 1.54) is 83.5 Å². The third kappa shape index (κ3) is 19.3. The first-order valence-corrected chi connectivity index (χ1v) is 14.9. The highest BCUT2D eigenvalue weighted by Gasteiger charge is 2.26. The fraction of sp³-hybridized carbons (Fsp3) is 0.933. The lowest BCUT2D eigenvalue weighted by Gasteiger charge is -2.23. The van der Waals surface area contributed by atoms with Gasteiger partial charge in [0.15, 0.2) is 0 Å². The Morgan fingerprint density at radius 3 is 1.44 bits per heavy atom. The van der Waals surface area contributed by atoms with Gasteiger partial charge < -0.3 is 9.47 Å². The molecule has 0 heterocycles. The van der Waals surface area contributed by atoms with Gasteiger partial charge in [0.2, 0.25) is 0 Å². The van der Waals surface area contributed by atoms with Crippen LogP contribution in [0.4, 0.5) is 0 Å². The first-order valence-electron chi connectivity index (χ1n) is 14.9. The van der Waals surface area contributed by atoms with Gasteiger partial charge in [-0.25, -0.2) is 0 Å². The van der Waals surface area contributed by atoms with Crippen LogP contribution in [0.25, 0.3) is 0 Å². The zero-order chi connectivity index (χ0) is 25.3. The van der Waals surface area contributed by atoms with Crippen LogP contribution in [0.3, 0.4) is 0 Å². The van der Waals surface area contributed by atoms with Gasteiger partial charge in [0.25, 0.3) is 0 Å². The molecule has 0 aromatic rings. The SMILES string of the molecule is CCCOC(=O)CCCCCCCCCCCCCCCCC(CC)C(CC)C(=O)OCCC. The molecule has 0 rings (SSSR count). The fourth-order valence-corrected chi connectivity index (χ4v) is 4.78. The van der Waals surface area contributed by atoms with Crippen molar-refractivity contribution in [3.63, 3.8) is 0 Å². The molecule has 4 nitrogen and oxygen atoms in total. The van der Waals surface area contributed by atoms with E-state index in [4.69, 9.17) is 9.47 Å². The van der Waals surface area contributed by atoms with Crippen molar-refractivity contribution in [3.8, 4) is 0 Å². The number of hydrogen-bond donors (Lipinski definition) is 0. The summed E-state index contributed by atoms with van der Waals surface area (Å²) in [6, 6.07) is 0. The summed E-state index contributed by atoms with van der Waals surface area (Å²) in [6.45, 7) is 9.54. The minimum Gasteiger partial charge on any atom is -0.466 e. The minimum atomic E-state index is -0.0264. The van der Waals surface area contributed by atoms with E-state index in [2.05, 4.69) is 13.8 Å². The van der Waals surface area contributed by atoms with Gasteiger partial charge >= 0.3 is 11.9 Å². The van der Waals surface area contributed by atoms with E-state index in [0.29, 0.717) is 25.6 Å². The molecular weight excluding hydrogens is 424 g/mol. The number of unbranched alkanes of at least 4 members (excludes halogenated alkanes) is 13. The van der Waals surface area contributed by atoms with Crippen LogP contribution in [-0.2, 0) is 19.1 Å². The molecule has 2 unspecified atom stereocenters. The van der Waals surface area contributed by atoms with E-state index in [-0.39, 0.29) is 17.9 Å². The lowest BCUT2D eigenvalue weighted by Crippen LogP contribution is -2.25. The van der Waals surface area contributed by atoms with Crippen LogP contribution in [0.15, 0.2) is 0 Å². The number of hydrogen-bond acceptors (Lipinski definition) is 4. The van der Waals surface area contributed by atoms with E-state index in [0.717, 1.165) is 38.5 Å². The average molecular weight is 483 g/mol. The molecule has 0 aromatic heterocycles. The molecule has 0 aliphatic carbocycles. The van der Waals surface area contributed by atoms with Gasteiger partial charge in [-0.2, -0.15) is 0 Å². The molecule has 0 radical (unpaired) electrons. The monoisotopic (exact) mass is 482 g/mol. The Kier molecular flexibility index (Phi) is 24.3. The van der Waals surface area contributed by atoms with Crippen molar-refractivity contribution in [3.05, 3.63) is 0 Å². The number of esters is 2. The molecule has 0 amide bonds. The summed E-state index contributed by atoms with van der Waals surface area (Å²) in [6.07, 6.45) is 23.6. The third-order valence-electron chi connectivity index (χ3n) is 6.96. The maximum absolute atomic E-state index is 12.3. The quantitative estimate of drug-likeness (QED) is 0.0961. The molecule has 0 spiro atoms. The van der Waals surface area contributed by atoms with Crippen molar-refractivity contribution >= 4 is 11.9 Å². The van der Waals surface area contributed by atoms with Crippen LogP contribution in [0, 0.1) is 11.8 Å². The highest BCUT2D eigenvalue weighted by atomic mass is 16.5. The van der Waals surface area contributed by atoms with Gasteiger partial charge in [0.05, 0.1) is 19.1 Å². The normalized spacial score (nSPS) is 12.9. The molecule has 0 saturated heterocycles. The Balaban J connectivity index is 3.50. The van der Waals surface area contributed by atoms with Crippen LogP contribution in [0.5, 0.6) is 0 Å². The van der Waals surface area contributed by atoms with Crippen LogP contribution in [0.1, 0.15) is 156 Å². The van der Waals surface area contributed by atoms with Gasteiger partial charge in [-0.15, -0.1) is 0 Å². The largest absolute Gasteiger partial charge is 0.466 e. The molecule has 202 valence electrons. The summed E-state index contributed by atoms with van der Waals surface area (Å²) in [5.41, 5.74) is 0. The maximum atomic E-state index is 12.3. The van der Waals surface area contributed by atoms with Gasteiger partial charge in [-0.3, -0.25) is 9.59 Å². The Labute approximate surface area is 212 Å². The van der Waals surface area contributed by atoms with Crippen LogP contribution < -0.4 is 0 Å². The predicted octanol–water partition coefficient (Wildman–Crippen LogP) is 9.19. The summed E-state index contributed by atoms with van der Waals surface area (Å²) < 4.78 is 10.5. The predicted molar refractivity (Wildman–Crippen MR) is 144 cm³/mol. The lowest BCUT2D eigenvalue weighted by molar-refractivity contribution is -0.151.